The van der Waals surface area contributed by atoms with Gasteiger partial charge in [-0.2, -0.15) is 0 Å². The number of carbonyl (C=O) groups is 1. The minimum Gasteiger partial charge on any atom is -0.306 e. The molecule has 1 amide bonds. The largest absolute Gasteiger partial charge is 0.306 e. The molecule has 0 saturated carbocycles. The van der Waals surface area contributed by atoms with E-state index in [-0.39, 0.29) is 11.9 Å². The molecular weight excluding hydrogens is 178 g/mol. The molecule has 14 heavy (non-hydrogen) atoms. The third-order valence-corrected chi connectivity index (χ3v) is 2.74. The molecule has 1 aliphatic heterocycles. The highest BCUT2D eigenvalue weighted by molar-refractivity contribution is 5.81. The van der Waals surface area contributed by atoms with Gasteiger partial charge < -0.3 is 5.32 Å². The molecule has 1 aliphatic rings. The number of rotatable bonds is 3. The molecule has 0 aliphatic carbocycles. The molecule has 2 atom stereocenters. The van der Waals surface area contributed by atoms with E-state index >= 15 is 0 Å². The topological polar surface area (TPSA) is 44.4 Å². The predicted octanol–water partition coefficient (Wildman–Crippen LogP) is 0.357. The second kappa shape index (κ2) is 5.32. The Bertz CT molecular complexity index is 194. The van der Waals surface area contributed by atoms with Crippen LogP contribution in [0.4, 0.5) is 0 Å². The summed E-state index contributed by atoms with van der Waals surface area (Å²) in [5.74, 6) is 0.794. The number of amides is 1. The summed E-state index contributed by atoms with van der Waals surface area (Å²) in [7, 11) is 3.66. The Hall–Kier alpha value is -0.610. The predicted molar refractivity (Wildman–Crippen MR) is 56.6 cm³/mol. The molecule has 0 aromatic carbocycles. The van der Waals surface area contributed by atoms with Gasteiger partial charge in [-0.25, -0.2) is 5.01 Å². The van der Waals surface area contributed by atoms with Crippen molar-refractivity contribution in [2.45, 2.75) is 32.2 Å². The van der Waals surface area contributed by atoms with Gasteiger partial charge in [0, 0.05) is 14.1 Å². The highest BCUT2D eigenvalue weighted by atomic mass is 16.2. The summed E-state index contributed by atoms with van der Waals surface area (Å²) in [4.78, 5) is 11.7. The van der Waals surface area contributed by atoms with Gasteiger partial charge in [-0.1, -0.05) is 13.3 Å². The number of piperidine rings is 1. The van der Waals surface area contributed by atoms with Gasteiger partial charge in [0.15, 0.2) is 0 Å². The number of nitrogens with zero attached hydrogens (tertiary/aromatic N) is 1. The maximum atomic E-state index is 11.7. The summed E-state index contributed by atoms with van der Waals surface area (Å²) in [6.45, 7) is 3.15. The first-order valence-electron chi connectivity index (χ1n) is 5.34. The molecule has 4 heteroatoms. The third-order valence-electron chi connectivity index (χ3n) is 2.74. The van der Waals surface area contributed by atoms with E-state index in [0.717, 1.165) is 13.0 Å². The van der Waals surface area contributed by atoms with Crippen molar-refractivity contribution in [1.29, 1.82) is 0 Å². The van der Waals surface area contributed by atoms with Crippen molar-refractivity contribution in [2.75, 3.05) is 20.6 Å². The number of hydrogen-bond acceptors (Lipinski definition) is 3. The smallest absolute Gasteiger partial charge is 0.251 e. The first-order valence-corrected chi connectivity index (χ1v) is 5.34. The molecule has 0 spiro atoms. The fourth-order valence-electron chi connectivity index (χ4n) is 1.87. The molecule has 1 rings (SSSR count). The Labute approximate surface area is 86.0 Å². The van der Waals surface area contributed by atoms with Crippen LogP contribution in [0.1, 0.15) is 26.2 Å². The number of hydrogen-bond donors (Lipinski definition) is 2. The lowest BCUT2D eigenvalue weighted by molar-refractivity contribution is -0.127. The van der Waals surface area contributed by atoms with Gasteiger partial charge in [-0.15, -0.1) is 0 Å². The monoisotopic (exact) mass is 199 g/mol. The first kappa shape index (κ1) is 11.5. The van der Waals surface area contributed by atoms with Crippen molar-refractivity contribution < 1.29 is 4.79 Å². The number of hydrazine groups is 1. The quantitative estimate of drug-likeness (QED) is 0.645. The van der Waals surface area contributed by atoms with Gasteiger partial charge in [0.1, 0.15) is 0 Å². The van der Waals surface area contributed by atoms with Gasteiger partial charge in [0.2, 0.25) is 0 Å². The number of nitrogens with one attached hydrogen (secondary N) is 2. The summed E-state index contributed by atoms with van der Waals surface area (Å²) >= 11 is 0. The van der Waals surface area contributed by atoms with E-state index in [1.54, 1.807) is 5.01 Å². The lowest BCUT2D eigenvalue weighted by atomic mass is 9.90. The summed E-state index contributed by atoms with van der Waals surface area (Å²) in [6, 6.07) is -0.00361. The lowest BCUT2D eigenvalue weighted by Gasteiger charge is -2.29. The normalized spacial score (nSPS) is 27.7. The summed E-state index contributed by atoms with van der Waals surface area (Å²) in [6.07, 6.45) is 3.34. The molecular formula is C10H21N3O. The Morgan fingerprint density at radius 3 is 2.86 bits per heavy atom. The van der Waals surface area contributed by atoms with Crippen LogP contribution in [-0.4, -0.2) is 37.6 Å². The van der Waals surface area contributed by atoms with E-state index in [9.17, 15) is 4.79 Å². The molecule has 2 N–H and O–H groups in total. The molecule has 0 radical (unpaired) electrons. The maximum absolute atomic E-state index is 11.7. The van der Waals surface area contributed by atoms with Gasteiger partial charge in [0.05, 0.1) is 6.04 Å². The second-order valence-corrected chi connectivity index (χ2v) is 4.18. The SMILES string of the molecule is CCC1CCNC(C(=O)NN(C)C)C1. The van der Waals surface area contributed by atoms with Crippen LogP contribution in [0, 0.1) is 5.92 Å². The zero-order valence-corrected chi connectivity index (χ0v) is 9.34. The lowest BCUT2D eigenvalue weighted by Crippen LogP contribution is -2.51. The van der Waals surface area contributed by atoms with Crippen LogP contribution in [0.5, 0.6) is 0 Å². The highest BCUT2D eigenvalue weighted by Gasteiger charge is 2.25. The van der Waals surface area contributed by atoms with Crippen molar-refractivity contribution in [1.82, 2.24) is 15.8 Å². The first-order chi connectivity index (χ1) is 6.63. The molecule has 1 fully saturated rings. The zero-order chi connectivity index (χ0) is 10.6. The fraction of sp³-hybridized carbons (Fsp3) is 0.900. The van der Waals surface area contributed by atoms with Crippen LogP contribution in [0.3, 0.4) is 0 Å². The Morgan fingerprint density at radius 2 is 2.29 bits per heavy atom. The van der Waals surface area contributed by atoms with Crippen LogP contribution >= 0.6 is 0 Å². The molecule has 0 aromatic heterocycles. The molecule has 0 bridgehead atoms. The maximum Gasteiger partial charge on any atom is 0.251 e. The van der Waals surface area contributed by atoms with Crippen molar-refractivity contribution in [3.8, 4) is 0 Å². The average molecular weight is 199 g/mol. The van der Waals surface area contributed by atoms with E-state index < -0.39 is 0 Å². The second-order valence-electron chi connectivity index (χ2n) is 4.18. The van der Waals surface area contributed by atoms with E-state index in [4.69, 9.17) is 0 Å². The van der Waals surface area contributed by atoms with Crippen LogP contribution in [0.15, 0.2) is 0 Å². The van der Waals surface area contributed by atoms with E-state index in [1.165, 1.54) is 12.8 Å². The van der Waals surface area contributed by atoms with Crippen molar-refractivity contribution in [3.05, 3.63) is 0 Å². The van der Waals surface area contributed by atoms with Gasteiger partial charge in [-0.3, -0.25) is 10.2 Å². The minimum absolute atomic E-state index is 0.00361. The molecule has 1 saturated heterocycles. The van der Waals surface area contributed by atoms with Gasteiger partial charge >= 0.3 is 0 Å². The molecule has 4 nitrogen and oxygen atoms in total. The average Bonchev–Trinajstić information content (AvgIpc) is 2.17. The van der Waals surface area contributed by atoms with E-state index in [1.807, 2.05) is 14.1 Å². The zero-order valence-electron chi connectivity index (χ0n) is 9.34. The van der Waals surface area contributed by atoms with E-state index in [2.05, 4.69) is 17.7 Å². The van der Waals surface area contributed by atoms with Crippen LogP contribution in [0.25, 0.3) is 0 Å². The van der Waals surface area contributed by atoms with Crippen molar-refractivity contribution >= 4 is 5.91 Å². The van der Waals surface area contributed by atoms with Crippen molar-refractivity contribution in [3.63, 3.8) is 0 Å². The Balaban J connectivity index is 2.39. The fourth-order valence-corrected chi connectivity index (χ4v) is 1.87. The van der Waals surface area contributed by atoms with Gasteiger partial charge in [-0.05, 0) is 25.3 Å². The molecule has 2 unspecified atom stereocenters. The van der Waals surface area contributed by atoms with Crippen LogP contribution < -0.4 is 10.7 Å². The van der Waals surface area contributed by atoms with E-state index in [0.29, 0.717) is 5.92 Å². The summed E-state index contributed by atoms with van der Waals surface area (Å²) in [5, 5.41) is 4.94. The standard InChI is InChI=1S/C10H21N3O/c1-4-8-5-6-11-9(7-8)10(14)12-13(2)3/h8-9,11H,4-7H2,1-3H3,(H,12,14). The van der Waals surface area contributed by atoms with Gasteiger partial charge in [0.25, 0.3) is 5.91 Å². The Morgan fingerprint density at radius 1 is 1.57 bits per heavy atom. The highest BCUT2D eigenvalue weighted by Crippen LogP contribution is 2.19. The van der Waals surface area contributed by atoms with Crippen LogP contribution in [-0.2, 0) is 4.79 Å². The summed E-state index contributed by atoms with van der Waals surface area (Å²) < 4.78 is 0. The summed E-state index contributed by atoms with van der Waals surface area (Å²) in [5.41, 5.74) is 2.79. The Kier molecular flexibility index (Phi) is 4.35. The van der Waals surface area contributed by atoms with Crippen molar-refractivity contribution in [2.24, 2.45) is 5.92 Å². The third kappa shape index (κ3) is 3.27. The molecule has 82 valence electrons. The van der Waals surface area contributed by atoms with Crippen LogP contribution in [0.2, 0.25) is 0 Å². The number of carbonyl (C=O) groups excluding carboxylic acids is 1. The molecule has 1 heterocycles. The minimum atomic E-state index is -0.00361. The molecule has 0 aromatic rings.